The fourth-order valence-corrected chi connectivity index (χ4v) is 3.44. The average Bonchev–Trinajstić information content (AvgIpc) is 2.41. The minimum Gasteiger partial charge on any atom is -0.258 e. The largest absolute Gasteiger partial charge is 0.273 e. The highest BCUT2D eigenvalue weighted by atomic mass is 32.2. The molecule has 0 unspecified atom stereocenters. The highest BCUT2D eigenvalue weighted by Crippen LogP contribution is 2.26. The first-order valence-electron chi connectivity index (χ1n) is 5.92. The molecule has 2 rings (SSSR count). The van der Waals surface area contributed by atoms with E-state index in [0.717, 1.165) is 0 Å². The van der Waals surface area contributed by atoms with Crippen LogP contribution in [0.5, 0.6) is 0 Å². The fraction of sp³-hybridized carbons (Fsp3) is 0.143. The summed E-state index contributed by atoms with van der Waals surface area (Å²) in [5.74, 6) is -0.375. The molecule has 0 heterocycles. The Bertz CT molecular complexity index is 739. The van der Waals surface area contributed by atoms with E-state index in [1.165, 1.54) is 18.2 Å². The van der Waals surface area contributed by atoms with E-state index in [1.807, 2.05) is 0 Å². The Balaban J connectivity index is 2.48. The highest BCUT2D eigenvalue weighted by molar-refractivity contribution is 7.90. The molecule has 0 aliphatic heterocycles. The molecule has 20 heavy (non-hydrogen) atoms. The third-order valence-electron chi connectivity index (χ3n) is 3.02. The SMILES string of the molecule is Cc1cccc([N+](=O)[O-])c1CS(=O)(=O)c1ccccc1. The van der Waals surface area contributed by atoms with Gasteiger partial charge < -0.3 is 0 Å². The molecule has 0 saturated heterocycles. The van der Waals surface area contributed by atoms with Gasteiger partial charge in [0.15, 0.2) is 9.84 Å². The molecule has 0 aliphatic rings. The molecule has 0 spiro atoms. The van der Waals surface area contributed by atoms with Crippen LogP contribution < -0.4 is 0 Å². The molecular formula is C14H13NO4S. The molecule has 0 radical (unpaired) electrons. The van der Waals surface area contributed by atoms with Crippen molar-refractivity contribution < 1.29 is 13.3 Å². The number of benzene rings is 2. The topological polar surface area (TPSA) is 77.3 Å². The van der Waals surface area contributed by atoms with E-state index in [4.69, 9.17) is 0 Å². The van der Waals surface area contributed by atoms with Crippen LogP contribution in [-0.4, -0.2) is 13.3 Å². The lowest BCUT2D eigenvalue weighted by Gasteiger charge is -2.08. The van der Waals surface area contributed by atoms with Crippen LogP contribution in [-0.2, 0) is 15.6 Å². The van der Waals surface area contributed by atoms with Crippen LogP contribution in [0.1, 0.15) is 11.1 Å². The maximum Gasteiger partial charge on any atom is 0.273 e. The monoisotopic (exact) mass is 291 g/mol. The summed E-state index contributed by atoms with van der Waals surface area (Å²) in [6.07, 6.45) is 0. The normalized spacial score (nSPS) is 11.2. The summed E-state index contributed by atoms with van der Waals surface area (Å²) in [7, 11) is -3.60. The zero-order valence-electron chi connectivity index (χ0n) is 10.8. The predicted molar refractivity (Wildman–Crippen MR) is 75.2 cm³/mol. The second-order valence-electron chi connectivity index (χ2n) is 4.40. The van der Waals surface area contributed by atoms with E-state index in [1.54, 1.807) is 37.3 Å². The Morgan fingerprint density at radius 2 is 1.70 bits per heavy atom. The van der Waals surface area contributed by atoms with E-state index in [-0.39, 0.29) is 21.9 Å². The summed E-state index contributed by atoms with van der Waals surface area (Å²) in [5, 5.41) is 11.0. The first kappa shape index (κ1) is 14.2. The van der Waals surface area contributed by atoms with Crippen molar-refractivity contribution in [1.82, 2.24) is 0 Å². The van der Waals surface area contributed by atoms with Crippen molar-refractivity contribution in [3.63, 3.8) is 0 Å². The lowest BCUT2D eigenvalue weighted by atomic mass is 10.1. The fourth-order valence-electron chi connectivity index (χ4n) is 1.95. The summed E-state index contributed by atoms with van der Waals surface area (Å²) in [6, 6.07) is 12.5. The molecule has 0 bridgehead atoms. The van der Waals surface area contributed by atoms with E-state index >= 15 is 0 Å². The van der Waals surface area contributed by atoms with Crippen molar-refractivity contribution in [3.8, 4) is 0 Å². The van der Waals surface area contributed by atoms with Gasteiger partial charge in [0.2, 0.25) is 0 Å². The van der Waals surface area contributed by atoms with Crippen molar-refractivity contribution in [3.05, 3.63) is 69.8 Å². The van der Waals surface area contributed by atoms with E-state index in [0.29, 0.717) is 5.56 Å². The van der Waals surface area contributed by atoms with Gasteiger partial charge in [-0.25, -0.2) is 8.42 Å². The quantitative estimate of drug-likeness (QED) is 0.641. The molecule has 104 valence electrons. The van der Waals surface area contributed by atoms with Crippen LogP contribution in [0.2, 0.25) is 0 Å². The van der Waals surface area contributed by atoms with Crippen LogP contribution >= 0.6 is 0 Å². The Kier molecular flexibility index (Phi) is 3.85. The number of aryl methyl sites for hydroxylation is 1. The van der Waals surface area contributed by atoms with E-state index in [9.17, 15) is 18.5 Å². The van der Waals surface area contributed by atoms with Gasteiger partial charge in [-0.1, -0.05) is 30.3 Å². The minimum absolute atomic E-state index is 0.162. The first-order chi connectivity index (χ1) is 9.42. The number of nitrogens with zero attached hydrogens (tertiary/aromatic N) is 1. The molecule has 0 amide bonds. The van der Waals surface area contributed by atoms with Crippen LogP contribution in [0, 0.1) is 17.0 Å². The van der Waals surface area contributed by atoms with E-state index in [2.05, 4.69) is 0 Å². The van der Waals surface area contributed by atoms with Crippen molar-refractivity contribution in [2.24, 2.45) is 0 Å². The summed E-state index contributed by atoms with van der Waals surface area (Å²) < 4.78 is 24.6. The number of sulfone groups is 1. The summed E-state index contributed by atoms with van der Waals surface area (Å²) in [6.45, 7) is 1.67. The van der Waals surface area contributed by atoms with Gasteiger partial charge in [-0.15, -0.1) is 0 Å². The molecule has 0 aromatic heterocycles. The maximum absolute atomic E-state index is 12.3. The number of nitro groups is 1. The molecular weight excluding hydrogens is 278 g/mol. The second-order valence-corrected chi connectivity index (χ2v) is 6.39. The van der Waals surface area contributed by atoms with Gasteiger partial charge in [0.05, 0.1) is 15.6 Å². The Morgan fingerprint density at radius 1 is 1.05 bits per heavy atom. The summed E-state index contributed by atoms with van der Waals surface area (Å²) in [5.41, 5.74) is 0.671. The zero-order chi connectivity index (χ0) is 14.8. The Morgan fingerprint density at radius 3 is 2.30 bits per heavy atom. The number of hydrogen-bond donors (Lipinski definition) is 0. The molecule has 2 aromatic carbocycles. The standard InChI is InChI=1S/C14H13NO4S/c1-11-6-5-9-14(15(16)17)13(11)10-20(18,19)12-7-3-2-4-8-12/h2-9H,10H2,1H3. The van der Waals surface area contributed by atoms with Gasteiger partial charge in [-0.3, -0.25) is 10.1 Å². The smallest absolute Gasteiger partial charge is 0.258 e. The lowest BCUT2D eigenvalue weighted by Crippen LogP contribution is -2.08. The van der Waals surface area contributed by atoms with Crippen molar-refractivity contribution >= 4 is 15.5 Å². The molecule has 0 saturated carbocycles. The lowest BCUT2D eigenvalue weighted by molar-refractivity contribution is -0.385. The molecule has 0 atom stereocenters. The molecule has 0 aliphatic carbocycles. The van der Waals surface area contributed by atoms with Crippen LogP contribution in [0.15, 0.2) is 53.4 Å². The Hall–Kier alpha value is -2.21. The van der Waals surface area contributed by atoms with Gasteiger partial charge in [-0.2, -0.15) is 0 Å². The van der Waals surface area contributed by atoms with Gasteiger partial charge in [-0.05, 0) is 24.6 Å². The Labute approximate surface area is 116 Å². The second kappa shape index (κ2) is 5.42. The van der Waals surface area contributed by atoms with Crippen LogP contribution in [0.4, 0.5) is 5.69 Å². The average molecular weight is 291 g/mol. The summed E-state index contributed by atoms with van der Waals surface area (Å²) >= 11 is 0. The molecule has 6 heteroatoms. The number of nitro benzene ring substituents is 1. The third-order valence-corrected chi connectivity index (χ3v) is 4.68. The third kappa shape index (κ3) is 2.85. The minimum atomic E-state index is -3.60. The van der Waals surface area contributed by atoms with Gasteiger partial charge in [0, 0.05) is 11.6 Å². The number of rotatable bonds is 4. The van der Waals surface area contributed by atoms with Gasteiger partial charge in [0.25, 0.3) is 5.69 Å². The maximum atomic E-state index is 12.3. The number of hydrogen-bond acceptors (Lipinski definition) is 4. The highest BCUT2D eigenvalue weighted by Gasteiger charge is 2.23. The van der Waals surface area contributed by atoms with Gasteiger partial charge >= 0.3 is 0 Å². The van der Waals surface area contributed by atoms with Crippen LogP contribution in [0.3, 0.4) is 0 Å². The van der Waals surface area contributed by atoms with E-state index < -0.39 is 14.8 Å². The zero-order valence-corrected chi connectivity index (χ0v) is 11.6. The van der Waals surface area contributed by atoms with Crippen molar-refractivity contribution in [2.45, 2.75) is 17.6 Å². The molecule has 2 aromatic rings. The molecule has 0 fully saturated rings. The molecule has 0 N–H and O–H groups in total. The first-order valence-corrected chi connectivity index (χ1v) is 7.58. The van der Waals surface area contributed by atoms with Gasteiger partial charge in [0.1, 0.15) is 0 Å². The molecule has 5 nitrogen and oxygen atoms in total. The summed E-state index contributed by atoms with van der Waals surface area (Å²) in [4.78, 5) is 10.6. The van der Waals surface area contributed by atoms with Crippen molar-refractivity contribution in [2.75, 3.05) is 0 Å². The predicted octanol–water partition coefficient (Wildman–Crippen LogP) is 2.88. The van der Waals surface area contributed by atoms with Crippen LogP contribution in [0.25, 0.3) is 0 Å². The van der Waals surface area contributed by atoms with Crippen molar-refractivity contribution in [1.29, 1.82) is 0 Å².